The van der Waals surface area contributed by atoms with E-state index in [1.54, 1.807) is 13.8 Å². The largest absolute Gasteiger partial charge is 0.481 e. The van der Waals surface area contributed by atoms with Gasteiger partial charge < -0.3 is 65.0 Å². The minimum atomic E-state index is -1.58. The van der Waals surface area contributed by atoms with Gasteiger partial charge in [0.05, 0.1) is 6.04 Å². The Kier molecular flexibility index (Phi) is 27.8. The molecule has 0 rings (SSSR count). The Morgan fingerprint density at radius 1 is 0.443 bits per heavy atom. The summed E-state index contributed by atoms with van der Waals surface area (Å²) in [5.41, 5.74) is 22.6. The molecule has 7 amide bonds. The van der Waals surface area contributed by atoms with Crippen LogP contribution in [0.1, 0.15) is 125 Å². The molecule has 350 valence electrons. The summed E-state index contributed by atoms with van der Waals surface area (Å²) in [5, 5.41) is 34.4. The third-order valence-corrected chi connectivity index (χ3v) is 9.48. The average molecular weight is 871 g/mol. The van der Waals surface area contributed by atoms with Crippen LogP contribution in [-0.2, 0) is 43.2 Å². The number of unbranched alkanes of at least 4 members (excludes halogenated alkanes) is 2. The Labute approximate surface area is 359 Å². The van der Waals surface area contributed by atoms with Crippen LogP contribution in [0, 0.1) is 17.8 Å². The lowest BCUT2D eigenvalue weighted by Crippen LogP contribution is -2.60. The van der Waals surface area contributed by atoms with Crippen molar-refractivity contribution in [2.75, 3.05) is 13.1 Å². The number of rotatable bonds is 33. The average Bonchev–Trinajstić information content (AvgIpc) is 3.15. The van der Waals surface area contributed by atoms with Gasteiger partial charge in [-0.15, -0.1) is 0 Å². The van der Waals surface area contributed by atoms with E-state index in [1.807, 2.05) is 27.7 Å². The molecule has 0 heterocycles. The number of nitrogens with two attached hydrogens (primary N) is 4. The normalized spacial score (nSPS) is 14.8. The Morgan fingerprint density at radius 2 is 0.770 bits per heavy atom. The lowest BCUT2D eigenvalue weighted by Gasteiger charge is -2.29. The fraction of sp³-hybridized carbons (Fsp3) is 0.775. The second-order valence-corrected chi connectivity index (χ2v) is 16.7. The summed E-state index contributed by atoms with van der Waals surface area (Å²) in [5.74, 6) is -8.35. The molecule has 21 nitrogen and oxygen atoms in total. The summed E-state index contributed by atoms with van der Waals surface area (Å²) >= 11 is 0. The second-order valence-electron chi connectivity index (χ2n) is 16.7. The lowest BCUT2D eigenvalue weighted by atomic mass is 9.99. The zero-order chi connectivity index (χ0) is 46.8. The highest BCUT2D eigenvalue weighted by Gasteiger charge is 2.34. The Hall–Kier alpha value is -4.89. The number of carbonyl (C=O) groups is 9. The Balaban J connectivity index is 6.47. The topological polar surface area (TPSA) is 370 Å². The van der Waals surface area contributed by atoms with Crippen LogP contribution in [0.5, 0.6) is 0 Å². The van der Waals surface area contributed by atoms with Crippen LogP contribution >= 0.6 is 0 Å². The van der Waals surface area contributed by atoms with Gasteiger partial charge in [-0.2, -0.15) is 0 Å². The first kappa shape index (κ1) is 56.1. The van der Waals surface area contributed by atoms with E-state index in [-0.39, 0.29) is 56.3 Å². The fourth-order valence-corrected chi connectivity index (χ4v) is 6.26. The van der Waals surface area contributed by atoms with Crippen LogP contribution in [-0.4, -0.2) is 119 Å². The van der Waals surface area contributed by atoms with E-state index in [0.29, 0.717) is 45.2 Å². The maximum absolute atomic E-state index is 14.0. The van der Waals surface area contributed by atoms with Crippen LogP contribution in [0.4, 0.5) is 0 Å². The minimum absolute atomic E-state index is 0.0411. The predicted octanol–water partition coefficient (Wildman–Crippen LogP) is -1.17. The van der Waals surface area contributed by atoms with Crippen molar-refractivity contribution in [1.29, 1.82) is 0 Å². The van der Waals surface area contributed by atoms with E-state index in [9.17, 15) is 53.4 Å². The number of carboxylic acids is 2. The number of primary amides is 1. The number of amides is 7. The molecule has 21 heteroatoms. The molecule has 0 saturated carbocycles. The quantitative estimate of drug-likeness (QED) is 0.0346. The molecule has 0 bridgehead atoms. The summed E-state index contributed by atoms with van der Waals surface area (Å²) in [4.78, 5) is 116. The summed E-state index contributed by atoms with van der Waals surface area (Å²) in [6.07, 6.45) is 1.20. The van der Waals surface area contributed by atoms with Crippen molar-refractivity contribution in [3.63, 3.8) is 0 Å². The zero-order valence-electron chi connectivity index (χ0n) is 36.8. The molecule has 0 spiro atoms. The van der Waals surface area contributed by atoms with Crippen molar-refractivity contribution in [3.05, 3.63) is 0 Å². The van der Waals surface area contributed by atoms with Crippen LogP contribution in [0.25, 0.3) is 0 Å². The van der Waals surface area contributed by atoms with Gasteiger partial charge in [0, 0.05) is 12.8 Å². The molecule has 61 heavy (non-hydrogen) atoms. The molecule has 0 radical (unpaired) electrons. The van der Waals surface area contributed by atoms with E-state index < -0.39 is 108 Å². The standard InChI is InChI=1S/C40H74N10O11/c1-22(2)19-25(43)34(54)45-26(11-7-9-17-41)35(55)46-27(12-8-10-18-42)36(56)49-31(21-24(5)6)39(59)50-30(20-23(3)4)38(58)47-28(14-16-33(52)53)37(57)48-29(40(60)61)13-15-32(44)51/h22-31H,7-21,41-43H2,1-6H3,(H2,44,51)(H,45,54)(H,46,55)(H,47,58)(H,48,57)(H,49,56)(H,50,59)(H,52,53)(H,60,61)/t25-,26-,27-,28-,29-,30-,31-/m0/s1. The van der Waals surface area contributed by atoms with Crippen LogP contribution in [0.3, 0.4) is 0 Å². The van der Waals surface area contributed by atoms with Crippen molar-refractivity contribution in [2.45, 2.75) is 167 Å². The van der Waals surface area contributed by atoms with Gasteiger partial charge in [0.15, 0.2) is 0 Å². The van der Waals surface area contributed by atoms with Gasteiger partial charge in [-0.3, -0.25) is 38.4 Å². The van der Waals surface area contributed by atoms with E-state index in [1.165, 1.54) is 0 Å². The van der Waals surface area contributed by atoms with Gasteiger partial charge in [-0.05, 0) is 101 Å². The summed E-state index contributed by atoms with van der Waals surface area (Å²) < 4.78 is 0. The van der Waals surface area contributed by atoms with Crippen LogP contribution in [0.2, 0.25) is 0 Å². The first-order chi connectivity index (χ1) is 28.5. The van der Waals surface area contributed by atoms with Crippen molar-refractivity contribution in [3.8, 4) is 0 Å². The predicted molar refractivity (Wildman–Crippen MR) is 227 cm³/mol. The van der Waals surface area contributed by atoms with Crippen LogP contribution < -0.4 is 54.8 Å². The fourth-order valence-electron chi connectivity index (χ4n) is 6.26. The maximum atomic E-state index is 14.0. The third-order valence-electron chi connectivity index (χ3n) is 9.48. The van der Waals surface area contributed by atoms with Gasteiger partial charge >= 0.3 is 11.9 Å². The molecule has 0 aliphatic heterocycles. The molecular formula is C40H74N10O11. The molecule has 0 aromatic heterocycles. The molecule has 7 atom stereocenters. The number of hydrogen-bond acceptors (Lipinski definition) is 12. The van der Waals surface area contributed by atoms with Gasteiger partial charge in [0.25, 0.3) is 0 Å². The molecule has 0 saturated heterocycles. The van der Waals surface area contributed by atoms with Crippen molar-refractivity contribution >= 4 is 53.3 Å². The number of nitrogens with one attached hydrogen (secondary N) is 6. The molecule has 0 aliphatic carbocycles. The SMILES string of the molecule is CC(C)C[C@H](NC(=O)[C@H](CC(C)C)NC(=O)[C@H](CCCCN)NC(=O)[C@H](CCCCN)NC(=O)[C@@H](N)CC(C)C)C(=O)N[C@@H](CCC(=O)O)C(=O)N[C@@H](CCC(N)=O)C(=O)O. The summed E-state index contributed by atoms with van der Waals surface area (Å²) in [6.45, 7) is 11.7. The van der Waals surface area contributed by atoms with Gasteiger partial charge in [-0.25, -0.2) is 4.79 Å². The van der Waals surface area contributed by atoms with Gasteiger partial charge in [-0.1, -0.05) is 41.5 Å². The number of hydrogen-bond donors (Lipinski definition) is 12. The van der Waals surface area contributed by atoms with Gasteiger partial charge in [0.2, 0.25) is 41.4 Å². The first-order valence-electron chi connectivity index (χ1n) is 21.2. The Bertz CT molecular complexity index is 1450. The third kappa shape index (κ3) is 24.8. The minimum Gasteiger partial charge on any atom is -0.481 e. The number of carbonyl (C=O) groups excluding carboxylic acids is 7. The van der Waals surface area contributed by atoms with E-state index in [0.717, 1.165) is 0 Å². The molecule has 0 aliphatic rings. The van der Waals surface area contributed by atoms with E-state index >= 15 is 0 Å². The van der Waals surface area contributed by atoms with Crippen molar-refractivity contribution in [1.82, 2.24) is 31.9 Å². The molecule has 0 unspecified atom stereocenters. The number of carboxylic acid groups (broad SMARTS) is 2. The molecule has 16 N–H and O–H groups in total. The molecule has 0 fully saturated rings. The highest BCUT2D eigenvalue weighted by Crippen LogP contribution is 2.13. The van der Waals surface area contributed by atoms with Gasteiger partial charge in [0.1, 0.15) is 36.3 Å². The van der Waals surface area contributed by atoms with E-state index in [4.69, 9.17) is 22.9 Å². The zero-order valence-corrected chi connectivity index (χ0v) is 36.8. The lowest BCUT2D eigenvalue weighted by molar-refractivity contribution is -0.143. The maximum Gasteiger partial charge on any atom is 0.326 e. The molecule has 0 aromatic rings. The van der Waals surface area contributed by atoms with Crippen molar-refractivity contribution in [2.24, 2.45) is 40.7 Å². The van der Waals surface area contributed by atoms with Crippen molar-refractivity contribution < 1.29 is 53.4 Å². The van der Waals surface area contributed by atoms with Crippen LogP contribution in [0.15, 0.2) is 0 Å². The second kappa shape index (κ2) is 30.2. The smallest absolute Gasteiger partial charge is 0.326 e. The molecular weight excluding hydrogens is 796 g/mol. The summed E-state index contributed by atoms with van der Waals surface area (Å²) in [6, 6.07) is -8.69. The highest BCUT2D eigenvalue weighted by atomic mass is 16.4. The summed E-state index contributed by atoms with van der Waals surface area (Å²) in [7, 11) is 0. The Morgan fingerprint density at radius 3 is 1.11 bits per heavy atom. The number of aliphatic carboxylic acids is 2. The monoisotopic (exact) mass is 871 g/mol. The molecule has 0 aromatic carbocycles. The first-order valence-corrected chi connectivity index (χ1v) is 21.2. The highest BCUT2D eigenvalue weighted by molar-refractivity contribution is 5.97. The van der Waals surface area contributed by atoms with E-state index in [2.05, 4.69) is 31.9 Å².